The summed E-state index contributed by atoms with van der Waals surface area (Å²) >= 11 is 0. The molecule has 0 aromatic heterocycles. The van der Waals surface area contributed by atoms with Crippen LogP contribution in [0.5, 0.6) is 0 Å². The largest absolute Gasteiger partial charge is 0.397 e. The average Bonchev–Trinajstić information content (AvgIpc) is 2.34. The van der Waals surface area contributed by atoms with E-state index in [9.17, 15) is 19.7 Å². The number of nitrogens with two attached hydrogens (primary N) is 1. The molecule has 1 fully saturated rings. The molecule has 0 unspecified atom stereocenters. The van der Waals surface area contributed by atoms with Crippen LogP contribution >= 0.6 is 0 Å². The zero-order valence-corrected chi connectivity index (χ0v) is 11.0. The first kappa shape index (κ1) is 13.8. The Bertz CT molecular complexity index is 611. The van der Waals surface area contributed by atoms with Crippen LogP contribution in [0.15, 0.2) is 18.2 Å². The van der Waals surface area contributed by atoms with Crippen LogP contribution in [0.1, 0.15) is 13.8 Å². The summed E-state index contributed by atoms with van der Waals surface area (Å²) in [6, 6.07) is 3.95. The molecule has 8 nitrogen and oxygen atoms in total. The van der Waals surface area contributed by atoms with Crippen molar-refractivity contribution < 1.29 is 14.5 Å². The number of benzene rings is 1. The maximum Gasteiger partial charge on any atom is 0.271 e. The topological polar surface area (TPSA) is 119 Å². The molecule has 3 N–H and O–H groups in total. The van der Waals surface area contributed by atoms with Gasteiger partial charge in [-0.1, -0.05) is 0 Å². The quantitative estimate of drug-likeness (QED) is 0.350. The Balaban J connectivity index is 2.46. The van der Waals surface area contributed by atoms with Gasteiger partial charge in [0.15, 0.2) is 0 Å². The SMILES string of the molecule is CC1(C)C(=O)NC(=O)CN1c1ccc([N+](=O)[O-])cc1N. The van der Waals surface area contributed by atoms with Crippen LogP contribution in [-0.2, 0) is 9.59 Å². The summed E-state index contributed by atoms with van der Waals surface area (Å²) in [4.78, 5) is 35.1. The smallest absolute Gasteiger partial charge is 0.271 e. The summed E-state index contributed by atoms with van der Waals surface area (Å²) in [5.41, 5.74) is 5.27. The molecular formula is C12H14N4O4. The van der Waals surface area contributed by atoms with Gasteiger partial charge in [0.25, 0.3) is 11.6 Å². The second-order valence-corrected chi connectivity index (χ2v) is 5.02. The van der Waals surface area contributed by atoms with Gasteiger partial charge in [-0.05, 0) is 19.9 Å². The molecule has 0 atom stereocenters. The molecule has 2 amide bonds. The Morgan fingerprint density at radius 2 is 2.05 bits per heavy atom. The van der Waals surface area contributed by atoms with Gasteiger partial charge in [0.1, 0.15) is 5.54 Å². The third kappa shape index (κ3) is 2.15. The maximum absolute atomic E-state index is 11.9. The van der Waals surface area contributed by atoms with Crippen LogP contribution in [0.3, 0.4) is 0 Å². The van der Waals surface area contributed by atoms with Crippen LogP contribution in [0.25, 0.3) is 0 Å². The number of non-ortho nitro benzene ring substituents is 1. The van der Waals surface area contributed by atoms with Crippen LogP contribution in [0.2, 0.25) is 0 Å². The van der Waals surface area contributed by atoms with Crippen molar-refractivity contribution in [1.29, 1.82) is 0 Å². The highest BCUT2D eigenvalue weighted by Crippen LogP contribution is 2.33. The van der Waals surface area contributed by atoms with Crippen LogP contribution < -0.4 is 16.0 Å². The number of nitro groups is 1. The van der Waals surface area contributed by atoms with Gasteiger partial charge >= 0.3 is 0 Å². The lowest BCUT2D eigenvalue weighted by molar-refractivity contribution is -0.384. The lowest BCUT2D eigenvalue weighted by Gasteiger charge is -2.42. The highest BCUT2D eigenvalue weighted by atomic mass is 16.6. The highest BCUT2D eigenvalue weighted by molar-refractivity contribution is 6.07. The zero-order chi connectivity index (χ0) is 15.1. The van der Waals surface area contributed by atoms with E-state index in [1.165, 1.54) is 23.1 Å². The minimum absolute atomic E-state index is 0.0409. The number of carbonyl (C=O) groups excluding carboxylic acids is 2. The minimum Gasteiger partial charge on any atom is -0.397 e. The third-order valence-corrected chi connectivity index (χ3v) is 3.30. The molecule has 106 valence electrons. The van der Waals surface area contributed by atoms with E-state index < -0.39 is 22.3 Å². The van der Waals surface area contributed by atoms with Crippen LogP contribution in [0, 0.1) is 10.1 Å². The molecule has 1 saturated heterocycles. The fraction of sp³-hybridized carbons (Fsp3) is 0.333. The molecule has 1 aliphatic heterocycles. The van der Waals surface area contributed by atoms with Crippen LogP contribution in [0.4, 0.5) is 17.1 Å². The van der Waals surface area contributed by atoms with Gasteiger partial charge in [-0.2, -0.15) is 0 Å². The van der Waals surface area contributed by atoms with E-state index in [1.54, 1.807) is 13.8 Å². The molecule has 1 heterocycles. The van der Waals surface area contributed by atoms with Gasteiger partial charge in [-0.25, -0.2) is 0 Å². The summed E-state index contributed by atoms with van der Waals surface area (Å²) in [7, 11) is 0. The molecular weight excluding hydrogens is 264 g/mol. The van der Waals surface area contributed by atoms with Gasteiger partial charge in [0.05, 0.1) is 22.8 Å². The minimum atomic E-state index is -0.974. The molecule has 0 radical (unpaired) electrons. The molecule has 1 aromatic rings. The number of imide groups is 1. The first-order chi connectivity index (χ1) is 9.23. The van der Waals surface area contributed by atoms with E-state index in [0.29, 0.717) is 5.69 Å². The van der Waals surface area contributed by atoms with Crippen molar-refractivity contribution in [3.63, 3.8) is 0 Å². The van der Waals surface area contributed by atoms with Gasteiger partial charge in [-0.3, -0.25) is 25.0 Å². The lowest BCUT2D eigenvalue weighted by atomic mass is 9.97. The number of nitrogens with one attached hydrogen (secondary N) is 1. The predicted octanol–water partition coefficient (Wildman–Crippen LogP) is 0.418. The van der Waals surface area contributed by atoms with E-state index >= 15 is 0 Å². The number of nitrogen functional groups attached to an aromatic ring is 1. The Kier molecular flexibility index (Phi) is 3.09. The number of hydrogen-bond donors (Lipinski definition) is 2. The highest BCUT2D eigenvalue weighted by Gasteiger charge is 2.41. The van der Waals surface area contributed by atoms with E-state index in [1.807, 2.05) is 0 Å². The van der Waals surface area contributed by atoms with Crippen molar-refractivity contribution in [3.05, 3.63) is 28.3 Å². The van der Waals surface area contributed by atoms with E-state index in [2.05, 4.69) is 5.32 Å². The summed E-state index contributed by atoms with van der Waals surface area (Å²) < 4.78 is 0. The number of amides is 2. The lowest BCUT2D eigenvalue weighted by Crippen LogP contribution is -2.64. The van der Waals surface area contributed by atoms with Crippen molar-refractivity contribution in [1.82, 2.24) is 5.32 Å². The maximum atomic E-state index is 11.9. The average molecular weight is 278 g/mol. The van der Waals surface area contributed by atoms with Crippen molar-refractivity contribution in [2.45, 2.75) is 19.4 Å². The molecule has 8 heteroatoms. The van der Waals surface area contributed by atoms with Gasteiger partial charge < -0.3 is 10.6 Å². The fourth-order valence-corrected chi connectivity index (χ4v) is 2.07. The molecule has 1 aromatic carbocycles. The summed E-state index contributed by atoms with van der Waals surface area (Å²) in [5, 5.41) is 12.9. The molecule has 20 heavy (non-hydrogen) atoms. The van der Waals surface area contributed by atoms with E-state index in [4.69, 9.17) is 5.73 Å². The van der Waals surface area contributed by atoms with E-state index in [-0.39, 0.29) is 17.9 Å². The number of hydrogen-bond acceptors (Lipinski definition) is 6. The molecule has 0 spiro atoms. The number of nitrogens with zero attached hydrogens (tertiary/aromatic N) is 2. The van der Waals surface area contributed by atoms with Crippen molar-refractivity contribution >= 4 is 28.9 Å². The molecule has 0 aliphatic carbocycles. The first-order valence-corrected chi connectivity index (χ1v) is 5.89. The fourth-order valence-electron chi connectivity index (χ4n) is 2.07. The second kappa shape index (κ2) is 4.48. The molecule has 0 bridgehead atoms. The second-order valence-electron chi connectivity index (χ2n) is 5.02. The predicted molar refractivity (Wildman–Crippen MR) is 72.1 cm³/mol. The van der Waals surface area contributed by atoms with E-state index in [0.717, 1.165) is 0 Å². The van der Waals surface area contributed by atoms with Crippen LogP contribution in [-0.4, -0.2) is 28.8 Å². The Labute approximate surface area is 114 Å². The number of piperazine rings is 1. The first-order valence-electron chi connectivity index (χ1n) is 5.89. The number of anilines is 2. The van der Waals surface area contributed by atoms with Gasteiger partial charge in [-0.15, -0.1) is 0 Å². The Hall–Kier alpha value is -2.64. The summed E-state index contributed by atoms with van der Waals surface area (Å²) in [6.07, 6.45) is 0. The zero-order valence-electron chi connectivity index (χ0n) is 11.0. The molecule has 1 aliphatic rings. The summed E-state index contributed by atoms with van der Waals surface area (Å²) in [5.74, 6) is -0.876. The normalized spacial score (nSPS) is 17.8. The van der Waals surface area contributed by atoms with Crippen molar-refractivity contribution in [2.75, 3.05) is 17.2 Å². The standard InChI is InChI=1S/C12H14N4O4/c1-12(2)11(18)14-10(17)6-15(12)9-4-3-7(16(19)20)5-8(9)13/h3-5H,6,13H2,1-2H3,(H,14,17,18). The number of nitro benzene ring substituents is 1. The van der Waals surface area contributed by atoms with Gasteiger partial charge in [0, 0.05) is 12.1 Å². The monoisotopic (exact) mass is 278 g/mol. The number of rotatable bonds is 2. The summed E-state index contributed by atoms with van der Waals surface area (Å²) in [6.45, 7) is 3.26. The molecule has 0 saturated carbocycles. The van der Waals surface area contributed by atoms with Crippen molar-refractivity contribution in [2.24, 2.45) is 0 Å². The van der Waals surface area contributed by atoms with Crippen molar-refractivity contribution in [3.8, 4) is 0 Å². The number of carbonyl (C=O) groups is 2. The third-order valence-electron chi connectivity index (χ3n) is 3.30. The Morgan fingerprint density at radius 1 is 1.40 bits per heavy atom. The Morgan fingerprint density at radius 3 is 2.60 bits per heavy atom. The van der Waals surface area contributed by atoms with Gasteiger partial charge in [0.2, 0.25) is 5.91 Å². The molecule has 2 rings (SSSR count).